The molecule has 4 nitrogen and oxygen atoms in total. The smallest absolute Gasteiger partial charge is 0.211 e. The van der Waals surface area contributed by atoms with Gasteiger partial charge in [0.25, 0.3) is 0 Å². The van der Waals surface area contributed by atoms with Crippen molar-refractivity contribution in [2.75, 3.05) is 0 Å². The fourth-order valence-corrected chi connectivity index (χ4v) is 2.33. The summed E-state index contributed by atoms with van der Waals surface area (Å²) >= 11 is 0. The minimum Gasteiger partial charge on any atom is -0.211 e. The van der Waals surface area contributed by atoms with Crippen molar-refractivity contribution in [2.45, 2.75) is 0 Å². The number of nitrogens with zero attached hydrogens (tertiary/aromatic N) is 2. The number of rotatable bonds is 2. The maximum Gasteiger partial charge on any atom is 0.240 e. The van der Waals surface area contributed by atoms with Crippen molar-refractivity contribution in [1.29, 1.82) is 0 Å². The molecule has 0 aliphatic rings. The lowest BCUT2D eigenvalue weighted by molar-refractivity contribution is 0.564. The lowest BCUT2D eigenvalue weighted by Gasteiger charge is -2.06. The molecular formula is C16H8N2O2. The first-order valence-electron chi connectivity index (χ1n) is 5.95. The highest BCUT2D eigenvalue weighted by molar-refractivity contribution is 6.11. The summed E-state index contributed by atoms with van der Waals surface area (Å²) in [5.74, 6) is 0. The Morgan fingerprint density at radius 3 is 2.35 bits per heavy atom. The molecule has 0 N–H and O–H groups in total. The lowest BCUT2D eigenvalue weighted by atomic mass is 10.0. The highest BCUT2D eigenvalue weighted by atomic mass is 16.1. The summed E-state index contributed by atoms with van der Waals surface area (Å²) in [6.45, 7) is 0. The van der Waals surface area contributed by atoms with Crippen molar-refractivity contribution < 1.29 is 9.59 Å². The molecule has 0 fully saturated rings. The fraction of sp³-hybridized carbons (Fsp3) is 0. The van der Waals surface area contributed by atoms with Gasteiger partial charge in [0.15, 0.2) is 0 Å². The largest absolute Gasteiger partial charge is 0.240 e. The van der Waals surface area contributed by atoms with Crippen molar-refractivity contribution >= 4 is 45.1 Å². The third-order valence-electron chi connectivity index (χ3n) is 3.18. The van der Waals surface area contributed by atoms with E-state index in [1.54, 1.807) is 18.2 Å². The van der Waals surface area contributed by atoms with Crippen LogP contribution in [-0.2, 0) is 9.59 Å². The number of benzene rings is 3. The predicted octanol–water partition coefficient (Wildman–Crippen LogP) is 3.93. The molecule has 94 valence electrons. The van der Waals surface area contributed by atoms with Gasteiger partial charge in [0.1, 0.15) is 0 Å². The number of hydrogen-bond acceptors (Lipinski definition) is 4. The number of isocyanates is 2. The molecular weight excluding hydrogens is 252 g/mol. The number of aliphatic imine (C=N–C) groups is 2. The molecule has 0 bridgehead atoms. The van der Waals surface area contributed by atoms with Gasteiger partial charge in [0.05, 0.1) is 11.4 Å². The van der Waals surface area contributed by atoms with Crippen LogP contribution in [0.15, 0.2) is 58.5 Å². The third kappa shape index (κ3) is 1.91. The van der Waals surface area contributed by atoms with E-state index in [4.69, 9.17) is 0 Å². The van der Waals surface area contributed by atoms with Crippen LogP contribution < -0.4 is 0 Å². The highest BCUT2D eigenvalue weighted by Gasteiger charge is 2.05. The number of hydrogen-bond donors (Lipinski definition) is 0. The summed E-state index contributed by atoms with van der Waals surface area (Å²) in [6.07, 6.45) is 3.09. The molecule has 0 radical (unpaired) electrons. The molecule has 0 atom stereocenters. The lowest BCUT2D eigenvalue weighted by Crippen LogP contribution is -1.78. The van der Waals surface area contributed by atoms with Gasteiger partial charge in [-0.05, 0) is 34.4 Å². The molecule has 0 aliphatic heterocycles. The second-order valence-corrected chi connectivity index (χ2v) is 4.25. The summed E-state index contributed by atoms with van der Waals surface area (Å²) in [5.41, 5.74) is 1.12. The van der Waals surface area contributed by atoms with Crippen molar-refractivity contribution in [3.05, 3.63) is 48.5 Å². The van der Waals surface area contributed by atoms with Crippen LogP contribution in [0.4, 0.5) is 11.4 Å². The Labute approximate surface area is 114 Å². The maximum atomic E-state index is 10.5. The first kappa shape index (κ1) is 12.0. The molecule has 0 heterocycles. The molecule has 0 aromatic heterocycles. The molecule has 3 rings (SSSR count). The molecule has 3 aromatic carbocycles. The van der Waals surface area contributed by atoms with Crippen LogP contribution in [0.2, 0.25) is 0 Å². The zero-order valence-electron chi connectivity index (χ0n) is 10.3. The Morgan fingerprint density at radius 2 is 1.55 bits per heavy atom. The topological polar surface area (TPSA) is 58.9 Å². The van der Waals surface area contributed by atoms with E-state index in [1.807, 2.05) is 36.4 Å². The Bertz CT molecular complexity index is 918. The highest BCUT2D eigenvalue weighted by Crippen LogP contribution is 2.33. The summed E-state index contributed by atoms with van der Waals surface area (Å²) < 4.78 is 0. The number of carbonyl (C=O) groups excluding carboxylic acids is 2. The van der Waals surface area contributed by atoms with E-state index in [0.717, 1.165) is 21.5 Å². The molecule has 3 aromatic rings. The minimum atomic E-state index is 0.546. The summed E-state index contributed by atoms with van der Waals surface area (Å²) in [6, 6.07) is 14.8. The van der Waals surface area contributed by atoms with Crippen molar-refractivity contribution in [2.24, 2.45) is 9.98 Å². The van der Waals surface area contributed by atoms with Crippen LogP contribution in [0.5, 0.6) is 0 Å². The van der Waals surface area contributed by atoms with Crippen molar-refractivity contribution in [3.63, 3.8) is 0 Å². The van der Waals surface area contributed by atoms with E-state index in [0.29, 0.717) is 11.4 Å². The van der Waals surface area contributed by atoms with Gasteiger partial charge >= 0.3 is 0 Å². The van der Waals surface area contributed by atoms with Crippen LogP contribution in [0, 0.1) is 0 Å². The first-order chi connectivity index (χ1) is 9.83. The van der Waals surface area contributed by atoms with Crippen LogP contribution >= 0.6 is 0 Å². The standard InChI is InChI=1S/C16H8N2O2/c19-9-17-12-6-4-11-5-7-14-13(15(11)8-12)2-1-3-16(14)18-10-20/h1-8H. The number of fused-ring (bicyclic) bond motifs is 3. The van der Waals surface area contributed by atoms with E-state index in [9.17, 15) is 9.59 Å². The Morgan fingerprint density at radius 1 is 0.750 bits per heavy atom. The van der Waals surface area contributed by atoms with Gasteiger partial charge in [0, 0.05) is 5.39 Å². The first-order valence-corrected chi connectivity index (χ1v) is 5.95. The average Bonchev–Trinajstić information content (AvgIpc) is 2.48. The molecule has 0 amide bonds. The maximum absolute atomic E-state index is 10.5. The van der Waals surface area contributed by atoms with Crippen molar-refractivity contribution in [1.82, 2.24) is 0 Å². The zero-order valence-corrected chi connectivity index (χ0v) is 10.3. The molecule has 0 saturated carbocycles. The van der Waals surface area contributed by atoms with E-state index in [-0.39, 0.29) is 0 Å². The van der Waals surface area contributed by atoms with Gasteiger partial charge < -0.3 is 0 Å². The van der Waals surface area contributed by atoms with Gasteiger partial charge in [-0.25, -0.2) is 9.59 Å². The van der Waals surface area contributed by atoms with E-state index in [1.165, 1.54) is 6.08 Å². The van der Waals surface area contributed by atoms with Gasteiger partial charge in [-0.3, -0.25) is 0 Å². The van der Waals surface area contributed by atoms with E-state index >= 15 is 0 Å². The van der Waals surface area contributed by atoms with Crippen molar-refractivity contribution in [3.8, 4) is 0 Å². The second kappa shape index (κ2) is 4.90. The molecule has 0 unspecified atom stereocenters. The zero-order chi connectivity index (χ0) is 13.9. The van der Waals surface area contributed by atoms with E-state index < -0.39 is 0 Å². The third-order valence-corrected chi connectivity index (χ3v) is 3.18. The predicted molar refractivity (Wildman–Crippen MR) is 77.0 cm³/mol. The monoisotopic (exact) mass is 260 g/mol. The molecule has 4 heteroatoms. The Balaban J connectivity index is 2.44. The quantitative estimate of drug-likeness (QED) is 0.398. The van der Waals surface area contributed by atoms with Gasteiger partial charge in [-0.1, -0.05) is 30.3 Å². The minimum absolute atomic E-state index is 0.546. The van der Waals surface area contributed by atoms with Gasteiger partial charge in [-0.15, -0.1) is 0 Å². The molecule has 0 aliphatic carbocycles. The average molecular weight is 260 g/mol. The molecule has 0 saturated heterocycles. The van der Waals surface area contributed by atoms with Gasteiger partial charge in [0.2, 0.25) is 12.2 Å². The second-order valence-electron chi connectivity index (χ2n) is 4.25. The SMILES string of the molecule is O=C=Nc1ccc2ccc3c(N=C=O)cccc3c2c1. The summed E-state index contributed by atoms with van der Waals surface area (Å²) in [4.78, 5) is 28.2. The Hall–Kier alpha value is -3.06. The van der Waals surface area contributed by atoms with Crippen LogP contribution in [0.25, 0.3) is 21.5 Å². The van der Waals surface area contributed by atoms with E-state index in [2.05, 4.69) is 9.98 Å². The fourth-order valence-electron chi connectivity index (χ4n) is 2.33. The summed E-state index contributed by atoms with van der Waals surface area (Å²) in [7, 11) is 0. The normalized spacial score (nSPS) is 10.0. The summed E-state index contributed by atoms with van der Waals surface area (Å²) in [5, 5.41) is 3.77. The molecule has 0 spiro atoms. The van der Waals surface area contributed by atoms with Crippen LogP contribution in [0.1, 0.15) is 0 Å². The van der Waals surface area contributed by atoms with Crippen LogP contribution in [-0.4, -0.2) is 12.2 Å². The van der Waals surface area contributed by atoms with Gasteiger partial charge in [-0.2, -0.15) is 9.98 Å². The Kier molecular flexibility index (Phi) is 2.94. The molecule has 20 heavy (non-hydrogen) atoms. The van der Waals surface area contributed by atoms with Crippen LogP contribution in [0.3, 0.4) is 0 Å².